The molecule has 0 saturated heterocycles. The smallest absolute Gasteiger partial charge is 0.310 e. The van der Waals surface area contributed by atoms with Gasteiger partial charge in [-0.2, -0.15) is 0 Å². The highest BCUT2D eigenvalue weighted by Crippen LogP contribution is 2.21. The second-order valence-electron chi connectivity index (χ2n) is 4.64. The average Bonchev–Trinajstić information content (AvgIpc) is 2.56. The summed E-state index contributed by atoms with van der Waals surface area (Å²) in [4.78, 5) is 34.1. The van der Waals surface area contributed by atoms with Crippen molar-refractivity contribution in [1.82, 2.24) is 0 Å². The van der Waals surface area contributed by atoms with E-state index in [1.54, 1.807) is 30.3 Å². The number of anilines is 1. The first-order chi connectivity index (χ1) is 11.0. The van der Waals surface area contributed by atoms with Gasteiger partial charge in [-0.05, 0) is 17.7 Å². The maximum atomic E-state index is 12.3. The van der Waals surface area contributed by atoms with Crippen LogP contribution in [0, 0.1) is 10.1 Å². The van der Waals surface area contributed by atoms with E-state index in [1.165, 1.54) is 25.3 Å². The van der Waals surface area contributed by atoms with Crippen LogP contribution in [-0.2, 0) is 16.0 Å². The van der Waals surface area contributed by atoms with E-state index in [0.29, 0.717) is 11.3 Å². The first-order valence-electron chi connectivity index (χ1n) is 6.72. The van der Waals surface area contributed by atoms with Gasteiger partial charge in [0.2, 0.25) is 0 Å². The van der Waals surface area contributed by atoms with Gasteiger partial charge in [0, 0.05) is 11.8 Å². The number of carbonyl (C=O) groups is 2. The lowest BCUT2D eigenvalue weighted by Crippen LogP contribution is -2.16. The first kappa shape index (κ1) is 16.2. The Balaban J connectivity index is 2.28. The van der Waals surface area contributed by atoms with E-state index in [2.05, 4.69) is 10.1 Å². The molecule has 0 aliphatic heterocycles. The number of carbonyl (C=O) groups excluding carboxylic acids is 2. The molecule has 23 heavy (non-hydrogen) atoms. The molecule has 0 saturated carbocycles. The highest BCUT2D eigenvalue weighted by molar-refractivity contribution is 6.07. The Labute approximate surface area is 132 Å². The third kappa shape index (κ3) is 3.91. The molecule has 1 N–H and O–H groups in total. The van der Waals surface area contributed by atoms with Crippen molar-refractivity contribution in [2.75, 3.05) is 12.4 Å². The van der Waals surface area contributed by atoms with E-state index in [4.69, 9.17) is 0 Å². The third-order valence-corrected chi connectivity index (χ3v) is 3.17. The molecule has 0 aromatic heterocycles. The number of nitrogens with zero attached hydrogens (tertiary/aromatic N) is 1. The zero-order valence-corrected chi connectivity index (χ0v) is 12.3. The number of hydrogen-bond acceptors (Lipinski definition) is 5. The lowest BCUT2D eigenvalue weighted by molar-refractivity contribution is -0.385. The summed E-state index contributed by atoms with van der Waals surface area (Å²) in [6, 6.07) is 12.4. The van der Waals surface area contributed by atoms with Crippen LogP contribution in [-0.4, -0.2) is 23.9 Å². The Morgan fingerprint density at radius 3 is 2.48 bits per heavy atom. The van der Waals surface area contributed by atoms with Gasteiger partial charge in [-0.1, -0.05) is 30.3 Å². The number of amides is 1. The molecule has 0 atom stereocenters. The van der Waals surface area contributed by atoms with Crippen LogP contribution in [0.5, 0.6) is 0 Å². The molecule has 0 heterocycles. The highest BCUT2D eigenvalue weighted by atomic mass is 16.6. The average molecular weight is 314 g/mol. The quantitative estimate of drug-likeness (QED) is 0.519. The van der Waals surface area contributed by atoms with Gasteiger partial charge >= 0.3 is 5.97 Å². The third-order valence-electron chi connectivity index (χ3n) is 3.17. The van der Waals surface area contributed by atoms with E-state index in [9.17, 15) is 19.7 Å². The zero-order chi connectivity index (χ0) is 16.8. The van der Waals surface area contributed by atoms with Crippen molar-refractivity contribution in [1.29, 1.82) is 0 Å². The maximum Gasteiger partial charge on any atom is 0.310 e. The van der Waals surface area contributed by atoms with E-state index >= 15 is 0 Å². The number of nitro benzene ring substituents is 1. The standard InChI is InChI=1S/C16H14N2O5/c1-23-15(19)10-11-6-2-4-8-13(11)17-16(20)12-7-3-5-9-14(12)18(21)22/h2-9H,10H2,1H3,(H,17,20). The molecular weight excluding hydrogens is 300 g/mol. The largest absolute Gasteiger partial charge is 0.469 e. The van der Waals surface area contributed by atoms with Crippen LogP contribution in [0.1, 0.15) is 15.9 Å². The summed E-state index contributed by atoms with van der Waals surface area (Å²) in [5.41, 5.74) is 0.633. The summed E-state index contributed by atoms with van der Waals surface area (Å²) in [5, 5.41) is 13.6. The van der Waals surface area contributed by atoms with Gasteiger partial charge < -0.3 is 10.1 Å². The molecular formula is C16H14N2O5. The van der Waals surface area contributed by atoms with Crippen LogP contribution in [0.25, 0.3) is 0 Å². The van der Waals surface area contributed by atoms with E-state index in [0.717, 1.165) is 0 Å². The number of methoxy groups -OCH3 is 1. The second-order valence-corrected chi connectivity index (χ2v) is 4.64. The number of rotatable bonds is 5. The molecule has 7 nitrogen and oxygen atoms in total. The SMILES string of the molecule is COC(=O)Cc1ccccc1NC(=O)c1ccccc1[N+](=O)[O-]. The fourth-order valence-electron chi connectivity index (χ4n) is 2.04. The Kier molecular flexibility index (Phi) is 5.03. The van der Waals surface area contributed by atoms with E-state index in [1.807, 2.05) is 0 Å². The van der Waals surface area contributed by atoms with Gasteiger partial charge in [0.05, 0.1) is 18.5 Å². The number of benzene rings is 2. The first-order valence-corrected chi connectivity index (χ1v) is 6.72. The fraction of sp³-hybridized carbons (Fsp3) is 0.125. The Morgan fingerprint density at radius 1 is 1.13 bits per heavy atom. The summed E-state index contributed by atoms with van der Waals surface area (Å²) in [5.74, 6) is -1.06. The number of esters is 1. The molecule has 7 heteroatoms. The topological polar surface area (TPSA) is 98.5 Å². The van der Waals surface area contributed by atoms with Crippen LogP contribution in [0.2, 0.25) is 0 Å². The molecule has 2 aromatic rings. The van der Waals surface area contributed by atoms with Gasteiger partial charge in [-0.25, -0.2) is 0 Å². The monoisotopic (exact) mass is 314 g/mol. The molecule has 0 spiro atoms. The summed E-state index contributed by atoms with van der Waals surface area (Å²) in [6.45, 7) is 0. The van der Waals surface area contributed by atoms with Crippen molar-refractivity contribution in [3.8, 4) is 0 Å². The van der Waals surface area contributed by atoms with Crippen molar-refractivity contribution in [2.24, 2.45) is 0 Å². The van der Waals surface area contributed by atoms with Gasteiger partial charge in [0.15, 0.2) is 0 Å². The molecule has 2 aromatic carbocycles. The summed E-state index contributed by atoms with van der Waals surface area (Å²) >= 11 is 0. The Hall–Kier alpha value is -3.22. The van der Waals surface area contributed by atoms with E-state index in [-0.39, 0.29) is 17.7 Å². The van der Waals surface area contributed by atoms with Crippen molar-refractivity contribution in [3.63, 3.8) is 0 Å². The van der Waals surface area contributed by atoms with Crippen molar-refractivity contribution < 1.29 is 19.2 Å². The molecule has 0 aliphatic rings. The molecule has 118 valence electrons. The Bertz CT molecular complexity index is 758. The summed E-state index contributed by atoms with van der Waals surface area (Å²) in [7, 11) is 1.27. The predicted molar refractivity (Wildman–Crippen MR) is 83.2 cm³/mol. The highest BCUT2D eigenvalue weighted by Gasteiger charge is 2.20. The van der Waals surface area contributed by atoms with Crippen LogP contribution in [0.15, 0.2) is 48.5 Å². The molecule has 0 bridgehead atoms. The second kappa shape index (κ2) is 7.17. The van der Waals surface area contributed by atoms with Crippen LogP contribution in [0.4, 0.5) is 11.4 Å². The fourth-order valence-corrected chi connectivity index (χ4v) is 2.04. The van der Waals surface area contributed by atoms with Crippen molar-refractivity contribution in [3.05, 3.63) is 69.8 Å². The maximum absolute atomic E-state index is 12.3. The van der Waals surface area contributed by atoms with Crippen molar-refractivity contribution >= 4 is 23.3 Å². The van der Waals surface area contributed by atoms with Crippen LogP contribution in [0.3, 0.4) is 0 Å². The number of nitrogens with one attached hydrogen (secondary N) is 1. The number of hydrogen-bond donors (Lipinski definition) is 1. The molecule has 1 amide bonds. The summed E-state index contributed by atoms with van der Waals surface area (Å²) < 4.78 is 4.61. The lowest BCUT2D eigenvalue weighted by atomic mass is 10.1. The summed E-state index contributed by atoms with van der Waals surface area (Å²) in [6.07, 6.45) is -0.0101. The normalized spacial score (nSPS) is 9.96. The molecule has 0 fully saturated rings. The minimum Gasteiger partial charge on any atom is -0.469 e. The Morgan fingerprint density at radius 2 is 1.78 bits per heavy atom. The van der Waals surface area contributed by atoms with Crippen LogP contribution < -0.4 is 5.32 Å². The molecule has 2 rings (SSSR count). The number of nitro groups is 1. The molecule has 0 radical (unpaired) electrons. The van der Waals surface area contributed by atoms with Gasteiger partial charge in [-0.3, -0.25) is 19.7 Å². The van der Waals surface area contributed by atoms with Crippen molar-refractivity contribution in [2.45, 2.75) is 6.42 Å². The predicted octanol–water partition coefficient (Wildman–Crippen LogP) is 2.56. The molecule has 0 aliphatic carbocycles. The van der Waals surface area contributed by atoms with Crippen LogP contribution >= 0.6 is 0 Å². The lowest BCUT2D eigenvalue weighted by Gasteiger charge is -2.10. The van der Waals surface area contributed by atoms with Gasteiger partial charge in [-0.15, -0.1) is 0 Å². The zero-order valence-electron chi connectivity index (χ0n) is 12.3. The van der Waals surface area contributed by atoms with Gasteiger partial charge in [0.25, 0.3) is 11.6 Å². The minimum absolute atomic E-state index is 0.0101. The van der Waals surface area contributed by atoms with Gasteiger partial charge in [0.1, 0.15) is 5.56 Å². The molecule has 0 unspecified atom stereocenters. The minimum atomic E-state index is -0.616. The van der Waals surface area contributed by atoms with E-state index < -0.39 is 16.8 Å². The number of para-hydroxylation sites is 2. The number of ether oxygens (including phenoxy) is 1.